The molecule has 2 aromatic rings. The maximum absolute atomic E-state index is 12.3. The van der Waals surface area contributed by atoms with Crippen molar-refractivity contribution in [2.75, 3.05) is 11.9 Å². The number of hydrogen-bond donors (Lipinski definition) is 2. The molecule has 0 saturated heterocycles. The summed E-state index contributed by atoms with van der Waals surface area (Å²) in [5.41, 5.74) is 1.54. The number of thiazole rings is 1. The molecule has 0 spiro atoms. The topological polar surface area (TPSA) is 66.9 Å². The summed E-state index contributed by atoms with van der Waals surface area (Å²) in [6, 6.07) is 3.63. The van der Waals surface area contributed by atoms with Gasteiger partial charge in [0.05, 0.1) is 6.54 Å². The van der Waals surface area contributed by atoms with Crippen LogP contribution in [0.1, 0.15) is 47.7 Å². The standard InChI is InChI=1S/C15H20N4OS/c1-4-16-13-8-11(7-12(19-13)10(2)3)15(20)18-9-14-17-5-6-21-14/h5-8,10H,4,9H2,1-3H3,(H,16,19)(H,18,20). The Kier molecular flexibility index (Phi) is 5.27. The quantitative estimate of drug-likeness (QED) is 0.861. The zero-order chi connectivity index (χ0) is 15.2. The highest BCUT2D eigenvalue weighted by Crippen LogP contribution is 2.18. The second-order valence-electron chi connectivity index (χ2n) is 4.96. The number of carbonyl (C=O) groups excluding carboxylic acids is 1. The normalized spacial score (nSPS) is 10.7. The number of nitrogens with one attached hydrogen (secondary N) is 2. The molecule has 1 amide bonds. The Labute approximate surface area is 128 Å². The van der Waals surface area contributed by atoms with E-state index in [0.717, 1.165) is 23.1 Å². The summed E-state index contributed by atoms with van der Waals surface area (Å²) >= 11 is 1.53. The van der Waals surface area contributed by atoms with Crippen molar-refractivity contribution in [3.8, 4) is 0 Å². The van der Waals surface area contributed by atoms with Crippen LogP contribution in [0.2, 0.25) is 0 Å². The lowest BCUT2D eigenvalue weighted by Gasteiger charge is -2.11. The van der Waals surface area contributed by atoms with Gasteiger partial charge in [-0.05, 0) is 25.0 Å². The lowest BCUT2D eigenvalue weighted by Crippen LogP contribution is -2.23. The first kappa shape index (κ1) is 15.4. The lowest BCUT2D eigenvalue weighted by atomic mass is 10.1. The maximum Gasteiger partial charge on any atom is 0.251 e. The number of pyridine rings is 1. The average molecular weight is 304 g/mol. The number of nitrogens with zero attached hydrogens (tertiary/aromatic N) is 2. The second-order valence-corrected chi connectivity index (χ2v) is 5.94. The molecule has 112 valence electrons. The van der Waals surface area contributed by atoms with Crippen molar-refractivity contribution >= 4 is 23.1 Å². The van der Waals surface area contributed by atoms with Crippen LogP contribution in [-0.4, -0.2) is 22.4 Å². The van der Waals surface area contributed by atoms with Gasteiger partial charge in [-0.3, -0.25) is 4.79 Å². The largest absolute Gasteiger partial charge is 0.370 e. The molecular formula is C15H20N4OS. The third-order valence-corrected chi connectivity index (χ3v) is 3.72. The molecule has 0 aliphatic carbocycles. The Bertz CT molecular complexity index is 596. The lowest BCUT2D eigenvalue weighted by molar-refractivity contribution is 0.0950. The van der Waals surface area contributed by atoms with Gasteiger partial charge in [-0.25, -0.2) is 9.97 Å². The highest BCUT2D eigenvalue weighted by molar-refractivity contribution is 7.09. The molecule has 2 rings (SSSR count). The summed E-state index contributed by atoms with van der Waals surface area (Å²) < 4.78 is 0. The summed E-state index contributed by atoms with van der Waals surface area (Å²) in [7, 11) is 0. The first-order valence-corrected chi connectivity index (χ1v) is 7.90. The molecule has 2 heterocycles. The van der Waals surface area contributed by atoms with Gasteiger partial charge in [0.15, 0.2) is 0 Å². The second kappa shape index (κ2) is 7.17. The van der Waals surface area contributed by atoms with Gasteiger partial charge in [0.2, 0.25) is 0 Å². The molecule has 0 aliphatic rings. The molecule has 0 aliphatic heterocycles. The van der Waals surface area contributed by atoms with Crippen molar-refractivity contribution in [1.82, 2.24) is 15.3 Å². The predicted molar refractivity (Wildman–Crippen MR) is 85.8 cm³/mol. The van der Waals surface area contributed by atoms with Gasteiger partial charge in [0, 0.05) is 29.4 Å². The molecule has 5 nitrogen and oxygen atoms in total. The molecule has 21 heavy (non-hydrogen) atoms. The summed E-state index contributed by atoms with van der Waals surface area (Å²) in [4.78, 5) is 20.9. The Morgan fingerprint density at radius 3 is 2.81 bits per heavy atom. The summed E-state index contributed by atoms with van der Waals surface area (Å²) in [5.74, 6) is 0.908. The molecule has 0 aromatic carbocycles. The van der Waals surface area contributed by atoms with Gasteiger partial charge >= 0.3 is 0 Å². The molecule has 0 fully saturated rings. The number of hydrogen-bond acceptors (Lipinski definition) is 5. The van der Waals surface area contributed by atoms with Crippen molar-refractivity contribution in [2.45, 2.75) is 33.2 Å². The van der Waals surface area contributed by atoms with Gasteiger partial charge in [0.1, 0.15) is 10.8 Å². The smallest absolute Gasteiger partial charge is 0.251 e. The third kappa shape index (κ3) is 4.26. The molecule has 0 atom stereocenters. The van der Waals surface area contributed by atoms with Crippen molar-refractivity contribution in [1.29, 1.82) is 0 Å². The molecule has 0 radical (unpaired) electrons. The maximum atomic E-state index is 12.3. The fraction of sp³-hybridized carbons (Fsp3) is 0.400. The van der Waals surface area contributed by atoms with Crippen LogP contribution in [0.3, 0.4) is 0 Å². The van der Waals surface area contributed by atoms with Gasteiger partial charge in [-0.1, -0.05) is 13.8 Å². The number of anilines is 1. The van der Waals surface area contributed by atoms with Gasteiger partial charge in [-0.2, -0.15) is 0 Å². The minimum atomic E-state index is -0.103. The molecule has 6 heteroatoms. The zero-order valence-electron chi connectivity index (χ0n) is 12.5. The van der Waals surface area contributed by atoms with Gasteiger partial charge < -0.3 is 10.6 Å². The van der Waals surface area contributed by atoms with Crippen LogP contribution in [-0.2, 0) is 6.54 Å². The third-order valence-electron chi connectivity index (χ3n) is 2.94. The molecular weight excluding hydrogens is 284 g/mol. The van der Waals surface area contributed by atoms with E-state index in [2.05, 4.69) is 34.4 Å². The van der Waals surface area contributed by atoms with Crippen LogP contribution in [0.4, 0.5) is 5.82 Å². The zero-order valence-corrected chi connectivity index (χ0v) is 13.3. The molecule has 0 unspecified atom stereocenters. The predicted octanol–water partition coefficient (Wildman–Crippen LogP) is 3.02. The summed E-state index contributed by atoms with van der Waals surface area (Å²) in [6.45, 7) is 7.36. The molecule has 0 bridgehead atoms. The van der Waals surface area contributed by atoms with Crippen LogP contribution >= 0.6 is 11.3 Å². The molecule has 0 saturated carbocycles. The number of carbonyl (C=O) groups is 1. The Hall–Kier alpha value is -1.95. The molecule has 2 N–H and O–H groups in total. The van der Waals surface area contributed by atoms with Gasteiger partial charge in [0.25, 0.3) is 5.91 Å². The van der Waals surface area contributed by atoms with E-state index in [9.17, 15) is 4.79 Å². The van der Waals surface area contributed by atoms with E-state index in [1.165, 1.54) is 11.3 Å². The van der Waals surface area contributed by atoms with E-state index >= 15 is 0 Å². The van der Waals surface area contributed by atoms with Crippen LogP contribution < -0.4 is 10.6 Å². The number of aromatic nitrogens is 2. The van der Waals surface area contributed by atoms with E-state index in [0.29, 0.717) is 12.1 Å². The highest BCUT2D eigenvalue weighted by Gasteiger charge is 2.12. The van der Waals surface area contributed by atoms with Gasteiger partial charge in [-0.15, -0.1) is 11.3 Å². The Morgan fingerprint density at radius 1 is 1.38 bits per heavy atom. The van der Waals surface area contributed by atoms with E-state index < -0.39 is 0 Å². The monoisotopic (exact) mass is 304 g/mol. The van der Waals surface area contributed by atoms with E-state index in [-0.39, 0.29) is 11.8 Å². The highest BCUT2D eigenvalue weighted by atomic mass is 32.1. The Balaban J connectivity index is 2.14. The summed E-state index contributed by atoms with van der Waals surface area (Å²) in [6.07, 6.45) is 1.73. The van der Waals surface area contributed by atoms with E-state index in [1.54, 1.807) is 12.3 Å². The van der Waals surface area contributed by atoms with Crippen molar-refractivity contribution in [2.24, 2.45) is 0 Å². The fourth-order valence-electron chi connectivity index (χ4n) is 1.85. The van der Waals surface area contributed by atoms with Crippen molar-refractivity contribution in [3.05, 3.63) is 40.0 Å². The van der Waals surface area contributed by atoms with E-state index in [1.807, 2.05) is 18.4 Å². The van der Waals surface area contributed by atoms with E-state index in [4.69, 9.17) is 0 Å². The van der Waals surface area contributed by atoms with Crippen LogP contribution in [0.5, 0.6) is 0 Å². The van der Waals surface area contributed by atoms with Crippen LogP contribution in [0, 0.1) is 0 Å². The van der Waals surface area contributed by atoms with Crippen molar-refractivity contribution in [3.63, 3.8) is 0 Å². The Morgan fingerprint density at radius 2 is 2.19 bits per heavy atom. The minimum Gasteiger partial charge on any atom is -0.370 e. The number of rotatable bonds is 6. The van der Waals surface area contributed by atoms with Crippen LogP contribution in [0.15, 0.2) is 23.7 Å². The van der Waals surface area contributed by atoms with Crippen molar-refractivity contribution < 1.29 is 4.79 Å². The average Bonchev–Trinajstić information content (AvgIpc) is 2.98. The fourth-order valence-corrected chi connectivity index (χ4v) is 2.40. The SMILES string of the molecule is CCNc1cc(C(=O)NCc2nccs2)cc(C(C)C)n1. The number of amides is 1. The first-order chi connectivity index (χ1) is 10.1. The first-order valence-electron chi connectivity index (χ1n) is 7.02. The minimum absolute atomic E-state index is 0.103. The molecule has 2 aromatic heterocycles. The summed E-state index contributed by atoms with van der Waals surface area (Å²) in [5, 5.41) is 8.85. The van der Waals surface area contributed by atoms with Crippen LogP contribution in [0.25, 0.3) is 0 Å².